The fourth-order valence-electron chi connectivity index (χ4n) is 4.76. The summed E-state index contributed by atoms with van der Waals surface area (Å²) >= 11 is 0. The minimum Gasteiger partial charge on any atom is -0.496 e. The lowest BCUT2D eigenvalue weighted by molar-refractivity contribution is 0.0790. The van der Waals surface area contributed by atoms with Gasteiger partial charge in [0, 0.05) is 62.2 Å². The van der Waals surface area contributed by atoms with Gasteiger partial charge in [0.1, 0.15) is 11.6 Å². The van der Waals surface area contributed by atoms with Crippen LogP contribution in [0.5, 0.6) is 5.75 Å². The number of benzene rings is 1. The monoisotopic (exact) mass is 445 g/mol. The number of hydrogen-bond acceptors (Lipinski definition) is 6. The number of carbonyl (C=O) groups excluding carboxylic acids is 1. The average Bonchev–Trinajstić information content (AvgIpc) is 3.35. The second-order valence-corrected chi connectivity index (χ2v) is 8.63. The number of nitrogens with one attached hydrogen (secondary N) is 1. The Bertz CT molecular complexity index is 1210. The van der Waals surface area contributed by atoms with Crippen molar-refractivity contribution in [2.75, 3.05) is 26.7 Å². The fourth-order valence-corrected chi connectivity index (χ4v) is 4.76. The van der Waals surface area contributed by atoms with Crippen LogP contribution in [0.25, 0.3) is 0 Å². The van der Waals surface area contributed by atoms with Crippen molar-refractivity contribution in [3.63, 3.8) is 0 Å². The zero-order valence-corrected chi connectivity index (χ0v) is 18.7. The van der Waals surface area contributed by atoms with Crippen molar-refractivity contribution in [3.05, 3.63) is 87.4 Å². The maximum Gasteiger partial charge on any atom is 0.255 e. The van der Waals surface area contributed by atoms with Gasteiger partial charge in [-0.2, -0.15) is 0 Å². The van der Waals surface area contributed by atoms with Crippen LogP contribution in [0.3, 0.4) is 0 Å². The lowest BCUT2D eigenvalue weighted by atomic mass is 10.0. The summed E-state index contributed by atoms with van der Waals surface area (Å²) < 4.78 is 5.49. The number of ether oxygens (including phenoxy) is 1. The van der Waals surface area contributed by atoms with Crippen LogP contribution < -0.4 is 10.3 Å². The highest BCUT2D eigenvalue weighted by atomic mass is 16.5. The topological polar surface area (TPSA) is 91.4 Å². The lowest BCUT2D eigenvalue weighted by Gasteiger charge is -2.28. The number of para-hydroxylation sites is 1. The summed E-state index contributed by atoms with van der Waals surface area (Å²) in [5.41, 5.74) is 3.26. The van der Waals surface area contributed by atoms with E-state index in [9.17, 15) is 9.59 Å². The summed E-state index contributed by atoms with van der Waals surface area (Å²) in [6.45, 7) is 3.34. The lowest BCUT2D eigenvalue weighted by Crippen LogP contribution is -2.36. The first-order valence-corrected chi connectivity index (χ1v) is 11.3. The second-order valence-electron chi connectivity index (χ2n) is 8.63. The normalized spacial score (nSPS) is 18.2. The van der Waals surface area contributed by atoms with E-state index in [2.05, 4.69) is 20.9 Å². The largest absolute Gasteiger partial charge is 0.496 e. The van der Waals surface area contributed by atoms with Gasteiger partial charge in [0.25, 0.3) is 11.5 Å². The molecule has 4 heterocycles. The van der Waals surface area contributed by atoms with Gasteiger partial charge in [0.2, 0.25) is 0 Å². The molecule has 1 fully saturated rings. The molecule has 0 aliphatic carbocycles. The third-order valence-corrected chi connectivity index (χ3v) is 6.53. The van der Waals surface area contributed by atoms with E-state index in [4.69, 9.17) is 9.72 Å². The zero-order chi connectivity index (χ0) is 22.8. The van der Waals surface area contributed by atoms with Gasteiger partial charge in [-0.25, -0.2) is 4.98 Å². The van der Waals surface area contributed by atoms with E-state index in [0.29, 0.717) is 37.4 Å². The highest BCUT2D eigenvalue weighted by Gasteiger charge is 2.31. The predicted molar refractivity (Wildman–Crippen MR) is 123 cm³/mol. The summed E-state index contributed by atoms with van der Waals surface area (Å²) in [7, 11) is 1.68. The summed E-state index contributed by atoms with van der Waals surface area (Å²) in [5, 5.41) is 0. The number of aromatic amines is 1. The number of carbonyl (C=O) groups is 1. The predicted octanol–water partition coefficient (Wildman–Crippen LogP) is 2.36. The van der Waals surface area contributed by atoms with Crippen molar-refractivity contribution in [1.82, 2.24) is 24.8 Å². The highest BCUT2D eigenvalue weighted by Crippen LogP contribution is 2.27. The molecule has 1 aromatic carbocycles. The van der Waals surface area contributed by atoms with Crippen LogP contribution in [0.15, 0.2) is 53.6 Å². The van der Waals surface area contributed by atoms with Crippen molar-refractivity contribution >= 4 is 5.91 Å². The molecule has 2 aliphatic rings. The van der Waals surface area contributed by atoms with Crippen LogP contribution in [-0.4, -0.2) is 57.4 Å². The Hall–Kier alpha value is -3.52. The molecule has 2 aliphatic heterocycles. The van der Waals surface area contributed by atoms with Gasteiger partial charge in [-0.3, -0.25) is 19.5 Å². The minimum absolute atomic E-state index is 0.0215. The molecule has 0 spiro atoms. The van der Waals surface area contributed by atoms with Gasteiger partial charge < -0.3 is 14.6 Å². The van der Waals surface area contributed by atoms with Crippen LogP contribution in [0.4, 0.5) is 0 Å². The first-order chi connectivity index (χ1) is 16.1. The van der Waals surface area contributed by atoms with E-state index >= 15 is 0 Å². The molecule has 33 heavy (non-hydrogen) atoms. The fraction of sp³-hybridized carbons (Fsp3) is 0.360. The SMILES string of the molecule is COc1ccccc1CN1CCc2c(nc([C@@H]3CCN(C(=O)c4cccnc4)C3)[nH]c2=O)C1. The Balaban J connectivity index is 1.32. The third kappa shape index (κ3) is 4.39. The number of likely N-dealkylation sites (tertiary alicyclic amines) is 1. The van der Waals surface area contributed by atoms with Crippen LogP contribution in [0.2, 0.25) is 0 Å². The molecule has 8 nitrogen and oxygen atoms in total. The number of hydrogen-bond donors (Lipinski definition) is 1. The number of nitrogens with zero attached hydrogens (tertiary/aromatic N) is 4. The molecule has 1 N–H and O–H groups in total. The molecule has 8 heteroatoms. The molecule has 0 bridgehead atoms. The van der Waals surface area contributed by atoms with Crippen molar-refractivity contribution < 1.29 is 9.53 Å². The number of pyridine rings is 1. The Labute approximate surface area is 192 Å². The van der Waals surface area contributed by atoms with E-state index in [1.54, 1.807) is 31.6 Å². The minimum atomic E-state index is -0.0519. The van der Waals surface area contributed by atoms with Gasteiger partial charge in [-0.15, -0.1) is 0 Å². The third-order valence-electron chi connectivity index (χ3n) is 6.53. The van der Waals surface area contributed by atoms with Gasteiger partial charge >= 0.3 is 0 Å². The molecule has 0 unspecified atom stereocenters. The molecule has 0 radical (unpaired) electrons. The quantitative estimate of drug-likeness (QED) is 0.648. The zero-order valence-electron chi connectivity index (χ0n) is 18.7. The van der Waals surface area contributed by atoms with Crippen LogP contribution >= 0.6 is 0 Å². The van der Waals surface area contributed by atoms with E-state index < -0.39 is 0 Å². The number of fused-ring (bicyclic) bond motifs is 1. The van der Waals surface area contributed by atoms with E-state index in [1.807, 2.05) is 23.1 Å². The number of methoxy groups -OCH3 is 1. The Morgan fingerprint density at radius 3 is 2.91 bits per heavy atom. The Morgan fingerprint density at radius 2 is 2.09 bits per heavy atom. The second kappa shape index (κ2) is 9.15. The van der Waals surface area contributed by atoms with Crippen molar-refractivity contribution in [1.29, 1.82) is 0 Å². The number of amides is 1. The first kappa shape index (κ1) is 21.3. The number of H-pyrrole nitrogens is 1. The highest BCUT2D eigenvalue weighted by molar-refractivity contribution is 5.94. The number of rotatable bonds is 5. The standard InChI is InChI=1S/C25H27N5O3/c1-33-22-7-3-2-5-18(22)14-29-11-9-20-21(16-29)27-23(28-24(20)31)19-8-12-30(15-19)25(32)17-6-4-10-26-13-17/h2-7,10,13,19H,8-9,11-12,14-16H2,1H3,(H,27,28,31)/t19-/m1/s1. The molecule has 1 atom stereocenters. The Kier molecular flexibility index (Phi) is 5.92. The van der Waals surface area contributed by atoms with Gasteiger partial charge in [0.05, 0.1) is 18.4 Å². The van der Waals surface area contributed by atoms with Crippen LogP contribution in [0, 0.1) is 0 Å². The first-order valence-electron chi connectivity index (χ1n) is 11.3. The van der Waals surface area contributed by atoms with E-state index in [0.717, 1.165) is 42.1 Å². The molecule has 170 valence electrons. The van der Waals surface area contributed by atoms with Crippen LogP contribution in [-0.2, 0) is 19.5 Å². The average molecular weight is 446 g/mol. The van der Waals surface area contributed by atoms with E-state index in [-0.39, 0.29) is 17.4 Å². The molecule has 1 amide bonds. The molecule has 3 aromatic rings. The molecule has 0 saturated carbocycles. The molecular formula is C25H27N5O3. The summed E-state index contributed by atoms with van der Waals surface area (Å²) in [6.07, 6.45) is 4.69. The summed E-state index contributed by atoms with van der Waals surface area (Å²) in [4.78, 5) is 41.6. The van der Waals surface area contributed by atoms with Crippen molar-refractivity contribution in [3.8, 4) is 5.75 Å². The van der Waals surface area contributed by atoms with Crippen molar-refractivity contribution in [2.45, 2.75) is 31.8 Å². The molecular weight excluding hydrogens is 418 g/mol. The Morgan fingerprint density at radius 1 is 1.21 bits per heavy atom. The van der Waals surface area contributed by atoms with E-state index in [1.165, 1.54) is 0 Å². The maximum absolute atomic E-state index is 12.8. The van der Waals surface area contributed by atoms with Crippen LogP contribution in [0.1, 0.15) is 45.3 Å². The maximum atomic E-state index is 12.8. The molecule has 1 saturated heterocycles. The van der Waals surface area contributed by atoms with Gasteiger partial charge in [-0.05, 0) is 31.0 Å². The summed E-state index contributed by atoms with van der Waals surface area (Å²) in [6, 6.07) is 11.5. The van der Waals surface area contributed by atoms with Gasteiger partial charge in [0.15, 0.2) is 0 Å². The number of aromatic nitrogens is 3. The van der Waals surface area contributed by atoms with Gasteiger partial charge in [-0.1, -0.05) is 18.2 Å². The molecule has 2 aromatic heterocycles. The van der Waals surface area contributed by atoms with Crippen molar-refractivity contribution in [2.24, 2.45) is 0 Å². The molecule has 5 rings (SSSR count). The summed E-state index contributed by atoms with van der Waals surface area (Å²) in [5.74, 6) is 1.54. The smallest absolute Gasteiger partial charge is 0.255 e.